The molecule has 1 N–H and O–H groups in total. The Kier molecular flexibility index (Phi) is 4.73. The van der Waals surface area contributed by atoms with Crippen molar-refractivity contribution in [2.24, 2.45) is 0 Å². The Labute approximate surface area is 149 Å². The summed E-state index contributed by atoms with van der Waals surface area (Å²) in [4.78, 5) is 16.8. The van der Waals surface area contributed by atoms with Crippen molar-refractivity contribution in [3.8, 4) is 5.75 Å². The quantitative estimate of drug-likeness (QED) is 0.740. The van der Waals surface area contributed by atoms with Crippen molar-refractivity contribution >= 4 is 42.4 Å². The van der Waals surface area contributed by atoms with Gasteiger partial charge in [0.2, 0.25) is 5.91 Å². The molecule has 6 nitrogen and oxygen atoms in total. The zero-order valence-electron chi connectivity index (χ0n) is 13.6. The van der Waals surface area contributed by atoms with Gasteiger partial charge in [-0.3, -0.25) is 4.79 Å². The predicted octanol–water partition coefficient (Wildman–Crippen LogP) is 2.89. The van der Waals surface area contributed by atoms with Crippen LogP contribution in [0.5, 0.6) is 5.75 Å². The number of thiazole rings is 1. The molecule has 1 heterocycles. The number of amides is 1. The van der Waals surface area contributed by atoms with Crippen LogP contribution >= 0.6 is 11.3 Å². The zero-order valence-corrected chi connectivity index (χ0v) is 15.3. The van der Waals surface area contributed by atoms with Crippen molar-refractivity contribution in [3.05, 3.63) is 48.0 Å². The first-order chi connectivity index (χ1) is 11.8. The van der Waals surface area contributed by atoms with E-state index in [1.807, 2.05) is 18.2 Å². The van der Waals surface area contributed by atoms with E-state index >= 15 is 0 Å². The lowest BCUT2D eigenvalue weighted by Crippen LogP contribution is -2.14. The lowest BCUT2D eigenvalue weighted by molar-refractivity contribution is -0.115. The van der Waals surface area contributed by atoms with Gasteiger partial charge in [0.25, 0.3) is 0 Å². The number of anilines is 1. The fourth-order valence-corrected chi connectivity index (χ4v) is 3.83. The fraction of sp³-hybridized carbons (Fsp3) is 0.176. The number of methoxy groups -OCH3 is 1. The molecule has 3 rings (SSSR count). The molecule has 8 heteroatoms. The van der Waals surface area contributed by atoms with Crippen molar-refractivity contribution in [1.82, 2.24) is 4.98 Å². The van der Waals surface area contributed by atoms with Gasteiger partial charge >= 0.3 is 0 Å². The summed E-state index contributed by atoms with van der Waals surface area (Å²) in [6.45, 7) is 0. The molecule has 1 amide bonds. The molecule has 2 aromatic carbocycles. The molecule has 0 saturated carbocycles. The van der Waals surface area contributed by atoms with Crippen LogP contribution in [-0.2, 0) is 21.1 Å². The van der Waals surface area contributed by atoms with Crippen LogP contribution in [0, 0.1) is 0 Å². The van der Waals surface area contributed by atoms with Gasteiger partial charge in [0, 0.05) is 6.26 Å². The van der Waals surface area contributed by atoms with Crippen LogP contribution in [0.4, 0.5) is 5.13 Å². The van der Waals surface area contributed by atoms with Crippen molar-refractivity contribution in [3.63, 3.8) is 0 Å². The van der Waals surface area contributed by atoms with Crippen LogP contribution in [0.3, 0.4) is 0 Å². The summed E-state index contributed by atoms with van der Waals surface area (Å²) in [7, 11) is -1.64. The highest BCUT2D eigenvalue weighted by molar-refractivity contribution is 7.90. The molecular weight excluding hydrogens is 360 g/mol. The molecule has 0 saturated heterocycles. The topological polar surface area (TPSA) is 85.4 Å². The van der Waals surface area contributed by atoms with Gasteiger partial charge in [-0.05, 0) is 35.9 Å². The Bertz CT molecular complexity index is 1020. The monoisotopic (exact) mass is 376 g/mol. The first kappa shape index (κ1) is 17.4. The molecular formula is C17H16N2O4S2. The van der Waals surface area contributed by atoms with Crippen LogP contribution in [-0.4, -0.2) is 32.7 Å². The number of fused-ring (bicyclic) bond motifs is 1. The lowest BCUT2D eigenvalue weighted by atomic mass is 10.1. The average molecular weight is 376 g/mol. The Morgan fingerprint density at radius 1 is 1.20 bits per heavy atom. The maximum Gasteiger partial charge on any atom is 0.230 e. The molecule has 0 bridgehead atoms. The summed E-state index contributed by atoms with van der Waals surface area (Å²) >= 11 is 1.37. The van der Waals surface area contributed by atoms with Crippen LogP contribution in [0.15, 0.2) is 47.4 Å². The number of ether oxygens (including phenoxy) is 1. The Hall–Kier alpha value is -2.45. The summed E-state index contributed by atoms with van der Waals surface area (Å²) in [6, 6.07) is 11.8. The van der Waals surface area contributed by atoms with Gasteiger partial charge in [-0.1, -0.05) is 23.5 Å². The molecule has 0 spiro atoms. The molecule has 0 fully saturated rings. The maximum absolute atomic E-state index is 12.2. The highest BCUT2D eigenvalue weighted by Gasteiger charge is 2.11. The van der Waals surface area contributed by atoms with Crippen molar-refractivity contribution < 1.29 is 17.9 Å². The summed E-state index contributed by atoms with van der Waals surface area (Å²) in [5, 5.41) is 3.29. The third-order valence-corrected chi connectivity index (χ3v) is 5.62. The van der Waals surface area contributed by atoms with Crippen LogP contribution in [0.25, 0.3) is 10.2 Å². The van der Waals surface area contributed by atoms with Crippen LogP contribution < -0.4 is 10.1 Å². The van der Waals surface area contributed by atoms with Crippen LogP contribution in [0.1, 0.15) is 5.56 Å². The minimum atomic E-state index is -3.24. The maximum atomic E-state index is 12.2. The van der Waals surface area contributed by atoms with Gasteiger partial charge in [-0.2, -0.15) is 0 Å². The highest BCUT2D eigenvalue weighted by Crippen LogP contribution is 2.29. The summed E-state index contributed by atoms with van der Waals surface area (Å²) < 4.78 is 29.0. The molecule has 0 aliphatic heterocycles. The third-order valence-electron chi connectivity index (χ3n) is 3.56. The first-order valence-electron chi connectivity index (χ1n) is 7.38. The normalized spacial score (nSPS) is 11.4. The fourth-order valence-electron chi connectivity index (χ4n) is 2.29. The van der Waals surface area contributed by atoms with E-state index in [2.05, 4.69) is 10.3 Å². The minimum absolute atomic E-state index is 0.142. The number of hydrogen-bond donors (Lipinski definition) is 1. The molecule has 0 radical (unpaired) electrons. The standard InChI is InChI=1S/C17H16N2O4S2/c1-23-12-5-8-14-15(10-12)24-17(18-14)19-16(20)9-11-3-6-13(7-4-11)25(2,21)22/h3-8,10H,9H2,1-2H3,(H,18,19,20). The van der Waals surface area contributed by atoms with E-state index in [4.69, 9.17) is 4.74 Å². The predicted molar refractivity (Wildman–Crippen MR) is 98.1 cm³/mol. The molecule has 0 unspecified atom stereocenters. The Morgan fingerprint density at radius 2 is 1.92 bits per heavy atom. The van der Waals surface area contributed by atoms with E-state index in [-0.39, 0.29) is 17.2 Å². The second-order valence-electron chi connectivity index (χ2n) is 5.49. The molecule has 130 valence electrons. The molecule has 25 heavy (non-hydrogen) atoms. The average Bonchev–Trinajstić information content (AvgIpc) is 2.95. The first-order valence-corrected chi connectivity index (χ1v) is 10.1. The number of sulfone groups is 1. The van der Waals surface area contributed by atoms with Crippen LogP contribution in [0.2, 0.25) is 0 Å². The van der Waals surface area contributed by atoms with Gasteiger partial charge in [0.05, 0.1) is 28.6 Å². The zero-order chi connectivity index (χ0) is 18.0. The summed E-state index contributed by atoms with van der Waals surface area (Å²) in [5.74, 6) is 0.526. The largest absolute Gasteiger partial charge is 0.497 e. The summed E-state index contributed by atoms with van der Waals surface area (Å²) in [6.07, 6.45) is 1.29. The SMILES string of the molecule is COc1ccc2nc(NC(=O)Cc3ccc(S(C)(=O)=O)cc3)sc2c1. The van der Waals surface area contributed by atoms with E-state index in [1.54, 1.807) is 19.2 Å². The van der Waals surface area contributed by atoms with E-state index in [9.17, 15) is 13.2 Å². The highest BCUT2D eigenvalue weighted by atomic mass is 32.2. The molecule has 0 aliphatic rings. The number of hydrogen-bond acceptors (Lipinski definition) is 6. The minimum Gasteiger partial charge on any atom is -0.497 e. The van der Waals surface area contributed by atoms with E-state index in [0.717, 1.165) is 27.8 Å². The van der Waals surface area contributed by atoms with Crippen molar-refractivity contribution in [2.75, 3.05) is 18.7 Å². The number of benzene rings is 2. The molecule has 3 aromatic rings. The number of aromatic nitrogens is 1. The van der Waals surface area contributed by atoms with Gasteiger partial charge in [0.1, 0.15) is 5.75 Å². The molecule has 0 aliphatic carbocycles. The Balaban J connectivity index is 1.70. The summed E-state index contributed by atoms with van der Waals surface area (Å²) in [5.41, 5.74) is 1.52. The molecule has 0 atom stereocenters. The van der Waals surface area contributed by atoms with Gasteiger partial charge in [-0.15, -0.1) is 0 Å². The van der Waals surface area contributed by atoms with Crippen molar-refractivity contribution in [1.29, 1.82) is 0 Å². The van der Waals surface area contributed by atoms with Crippen molar-refractivity contribution in [2.45, 2.75) is 11.3 Å². The number of rotatable bonds is 5. The lowest BCUT2D eigenvalue weighted by Gasteiger charge is -2.03. The van der Waals surface area contributed by atoms with E-state index in [0.29, 0.717) is 5.13 Å². The van der Waals surface area contributed by atoms with E-state index in [1.165, 1.54) is 23.5 Å². The Morgan fingerprint density at radius 3 is 2.56 bits per heavy atom. The third kappa shape index (κ3) is 4.15. The molecule has 1 aromatic heterocycles. The number of nitrogens with one attached hydrogen (secondary N) is 1. The smallest absolute Gasteiger partial charge is 0.230 e. The second-order valence-corrected chi connectivity index (χ2v) is 8.54. The number of carbonyl (C=O) groups is 1. The van der Waals surface area contributed by atoms with Gasteiger partial charge in [0.15, 0.2) is 15.0 Å². The van der Waals surface area contributed by atoms with Gasteiger partial charge in [-0.25, -0.2) is 13.4 Å². The van der Waals surface area contributed by atoms with Gasteiger partial charge < -0.3 is 10.1 Å². The number of carbonyl (C=O) groups excluding carboxylic acids is 1. The second kappa shape index (κ2) is 6.81. The van der Waals surface area contributed by atoms with E-state index < -0.39 is 9.84 Å². The number of nitrogens with zero attached hydrogens (tertiary/aromatic N) is 1.